The molecule has 1 N–H and O–H groups in total. The first kappa shape index (κ1) is 10.0. The lowest BCUT2D eigenvalue weighted by atomic mass is 9.96. The molecule has 0 fully saturated rings. The highest BCUT2D eigenvalue weighted by Gasteiger charge is 2.21. The van der Waals surface area contributed by atoms with Gasteiger partial charge in [0, 0.05) is 11.6 Å². The maximum absolute atomic E-state index is 11.7. The van der Waals surface area contributed by atoms with Crippen molar-refractivity contribution >= 4 is 5.91 Å². The Bertz CT molecular complexity index is 387. The second-order valence-electron chi connectivity index (χ2n) is 3.83. The van der Waals surface area contributed by atoms with E-state index in [1.165, 1.54) is 0 Å². The van der Waals surface area contributed by atoms with E-state index in [1.807, 2.05) is 32.0 Å². The molecule has 0 spiro atoms. The van der Waals surface area contributed by atoms with Crippen LogP contribution in [0.2, 0.25) is 0 Å². The van der Waals surface area contributed by atoms with E-state index in [1.54, 1.807) is 0 Å². The molecular formula is C12H15NO2. The number of rotatable bonds is 2. The van der Waals surface area contributed by atoms with Gasteiger partial charge in [0.05, 0.1) is 6.61 Å². The van der Waals surface area contributed by atoms with Crippen LogP contribution in [0.3, 0.4) is 0 Å². The highest BCUT2D eigenvalue weighted by atomic mass is 16.5. The van der Waals surface area contributed by atoms with E-state index < -0.39 is 0 Å². The highest BCUT2D eigenvalue weighted by molar-refractivity contribution is 5.97. The van der Waals surface area contributed by atoms with Crippen molar-refractivity contribution in [2.75, 3.05) is 6.61 Å². The van der Waals surface area contributed by atoms with E-state index in [-0.39, 0.29) is 11.9 Å². The van der Waals surface area contributed by atoms with Crippen LogP contribution < -0.4 is 10.1 Å². The molecule has 3 heteroatoms. The second kappa shape index (κ2) is 3.93. The SMILES string of the molecule is CCOc1ccc2c(c1)C(=O)NC(C)C2. The molecule has 0 bridgehead atoms. The van der Waals surface area contributed by atoms with E-state index in [0.29, 0.717) is 6.61 Å². The third-order valence-corrected chi connectivity index (χ3v) is 2.54. The first-order chi connectivity index (χ1) is 7.20. The molecule has 15 heavy (non-hydrogen) atoms. The van der Waals surface area contributed by atoms with Gasteiger partial charge in [-0.1, -0.05) is 6.07 Å². The average Bonchev–Trinajstić information content (AvgIpc) is 2.19. The summed E-state index contributed by atoms with van der Waals surface area (Å²) in [4.78, 5) is 11.7. The Morgan fingerprint density at radius 2 is 2.33 bits per heavy atom. The minimum Gasteiger partial charge on any atom is -0.494 e. The van der Waals surface area contributed by atoms with Crippen LogP contribution >= 0.6 is 0 Å². The number of amides is 1. The van der Waals surface area contributed by atoms with Crippen molar-refractivity contribution in [2.24, 2.45) is 0 Å². The largest absolute Gasteiger partial charge is 0.494 e. The molecule has 1 unspecified atom stereocenters. The van der Waals surface area contributed by atoms with Crippen molar-refractivity contribution in [3.63, 3.8) is 0 Å². The summed E-state index contributed by atoms with van der Waals surface area (Å²) in [7, 11) is 0. The Hall–Kier alpha value is -1.51. The number of hydrogen-bond donors (Lipinski definition) is 1. The van der Waals surface area contributed by atoms with Gasteiger partial charge in [0.25, 0.3) is 5.91 Å². The Balaban J connectivity index is 2.35. The number of hydrogen-bond acceptors (Lipinski definition) is 2. The van der Waals surface area contributed by atoms with Crippen molar-refractivity contribution < 1.29 is 9.53 Å². The second-order valence-corrected chi connectivity index (χ2v) is 3.83. The molecule has 0 saturated heterocycles. The fraction of sp³-hybridized carbons (Fsp3) is 0.417. The third-order valence-electron chi connectivity index (χ3n) is 2.54. The third kappa shape index (κ3) is 1.96. The molecule has 1 aliphatic heterocycles. The Morgan fingerprint density at radius 3 is 3.07 bits per heavy atom. The number of carbonyl (C=O) groups is 1. The average molecular weight is 205 g/mol. The summed E-state index contributed by atoms with van der Waals surface area (Å²) in [6.45, 7) is 4.57. The van der Waals surface area contributed by atoms with Crippen LogP contribution in [0, 0.1) is 0 Å². The van der Waals surface area contributed by atoms with Crippen molar-refractivity contribution in [2.45, 2.75) is 26.3 Å². The van der Waals surface area contributed by atoms with Crippen molar-refractivity contribution in [3.8, 4) is 5.75 Å². The van der Waals surface area contributed by atoms with Crippen LogP contribution in [0.1, 0.15) is 29.8 Å². The van der Waals surface area contributed by atoms with Gasteiger partial charge >= 0.3 is 0 Å². The molecule has 1 aromatic carbocycles. The topological polar surface area (TPSA) is 38.3 Å². The summed E-state index contributed by atoms with van der Waals surface area (Å²) in [6, 6.07) is 5.95. The lowest BCUT2D eigenvalue weighted by Gasteiger charge is -2.22. The smallest absolute Gasteiger partial charge is 0.251 e. The minimum absolute atomic E-state index is 0.00491. The molecule has 1 aromatic rings. The Labute approximate surface area is 89.4 Å². The molecule has 0 radical (unpaired) electrons. The van der Waals surface area contributed by atoms with Gasteiger partial charge in [0.15, 0.2) is 0 Å². The van der Waals surface area contributed by atoms with E-state index in [9.17, 15) is 4.79 Å². The lowest BCUT2D eigenvalue weighted by Crippen LogP contribution is -2.39. The predicted molar refractivity (Wildman–Crippen MR) is 58.2 cm³/mol. The summed E-state index contributed by atoms with van der Waals surface area (Å²) in [5.41, 5.74) is 1.86. The van der Waals surface area contributed by atoms with Gasteiger partial charge < -0.3 is 10.1 Å². The first-order valence-corrected chi connectivity index (χ1v) is 5.27. The summed E-state index contributed by atoms with van der Waals surface area (Å²) < 4.78 is 5.37. The van der Waals surface area contributed by atoms with E-state index in [0.717, 1.165) is 23.3 Å². The quantitative estimate of drug-likeness (QED) is 0.799. The molecule has 3 nitrogen and oxygen atoms in total. The van der Waals surface area contributed by atoms with Crippen molar-refractivity contribution in [3.05, 3.63) is 29.3 Å². The number of fused-ring (bicyclic) bond motifs is 1. The van der Waals surface area contributed by atoms with Crippen LogP contribution in [0.25, 0.3) is 0 Å². The molecule has 1 heterocycles. The van der Waals surface area contributed by atoms with Crippen LogP contribution in [-0.2, 0) is 6.42 Å². The summed E-state index contributed by atoms with van der Waals surface area (Å²) >= 11 is 0. The first-order valence-electron chi connectivity index (χ1n) is 5.27. The van der Waals surface area contributed by atoms with Gasteiger partial charge in [-0.2, -0.15) is 0 Å². The van der Waals surface area contributed by atoms with Crippen LogP contribution in [0.5, 0.6) is 5.75 Å². The number of ether oxygens (including phenoxy) is 1. The Kier molecular flexibility index (Phi) is 2.62. The van der Waals surface area contributed by atoms with E-state index in [4.69, 9.17) is 4.74 Å². The zero-order valence-corrected chi connectivity index (χ0v) is 9.04. The number of nitrogens with one attached hydrogen (secondary N) is 1. The summed E-state index contributed by atoms with van der Waals surface area (Å²) in [6.07, 6.45) is 0.896. The van der Waals surface area contributed by atoms with E-state index in [2.05, 4.69) is 5.32 Å². The molecule has 1 aliphatic rings. The monoisotopic (exact) mass is 205 g/mol. The Morgan fingerprint density at radius 1 is 1.53 bits per heavy atom. The van der Waals surface area contributed by atoms with Gasteiger partial charge in [0.2, 0.25) is 0 Å². The van der Waals surface area contributed by atoms with Gasteiger partial charge in [-0.15, -0.1) is 0 Å². The maximum atomic E-state index is 11.7. The van der Waals surface area contributed by atoms with Crippen LogP contribution in [-0.4, -0.2) is 18.6 Å². The number of carbonyl (C=O) groups excluding carboxylic acids is 1. The van der Waals surface area contributed by atoms with Crippen molar-refractivity contribution in [1.82, 2.24) is 5.32 Å². The van der Waals surface area contributed by atoms with Crippen LogP contribution in [0.4, 0.5) is 0 Å². The number of benzene rings is 1. The predicted octanol–water partition coefficient (Wildman–Crippen LogP) is 1.76. The fourth-order valence-electron chi connectivity index (χ4n) is 1.88. The molecular weight excluding hydrogens is 190 g/mol. The highest BCUT2D eigenvalue weighted by Crippen LogP contribution is 2.22. The maximum Gasteiger partial charge on any atom is 0.251 e. The molecule has 0 aromatic heterocycles. The molecule has 1 amide bonds. The molecule has 0 saturated carbocycles. The standard InChI is InChI=1S/C12H15NO2/c1-3-15-10-5-4-9-6-8(2)13-12(14)11(9)7-10/h4-5,7-8H,3,6H2,1-2H3,(H,13,14). The van der Waals surface area contributed by atoms with Gasteiger partial charge in [-0.3, -0.25) is 4.79 Å². The lowest BCUT2D eigenvalue weighted by molar-refractivity contribution is 0.0928. The molecule has 2 rings (SSSR count). The van der Waals surface area contributed by atoms with Crippen LogP contribution in [0.15, 0.2) is 18.2 Å². The fourth-order valence-corrected chi connectivity index (χ4v) is 1.88. The molecule has 1 atom stereocenters. The summed E-state index contributed by atoms with van der Waals surface area (Å²) in [5.74, 6) is 0.770. The zero-order valence-electron chi connectivity index (χ0n) is 9.04. The normalized spacial score (nSPS) is 19.3. The molecule has 80 valence electrons. The molecule has 0 aliphatic carbocycles. The van der Waals surface area contributed by atoms with E-state index >= 15 is 0 Å². The van der Waals surface area contributed by atoms with Gasteiger partial charge in [-0.25, -0.2) is 0 Å². The summed E-state index contributed by atoms with van der Waals surface area (Å²) in [5, 5.41) is 2.91. The van der Waals surface area contributed by atoms with Crippen molar-refractivity contribution in [1.29, 1.82) is 0 Å². The minimum atomic E-state index is 0.00491. The van der Waals surface area contributed by atoms with Gasteiger partial charge in [0.1, 0.15) is 5.75 Å². The zero-order chi connectivity index (χ0) is 10.8. The van der Waals surface area contributed by atoms with Gasteiger partial charge in [-0.05, 0) is 38.0 Å².